The molecule has 11 heteroatoms. The van der Waals surface area contributed by atoms with Crippen LogP contribution in [0.3, 0.4) is 0 Å². The minimum absolute atomic E-state index is 0.00392. The first-order chi connectivity index (χ1) is 19.3. The second-order valence-electron chi connectivity index (χ2n) is 11.5. The van der Waals surface area contributed by atoms with Crippen LogP contribution in [0.25, 0.3) is 0 Å². The van der Waals surface area contributed by atoms with Crippen molar-refractivity contribution in [3.63, 3.8) is 0 Å². The molecule has 1 aromatic carbocycles. The maximum atomic E-state index is 13.2. The first-order valence-electron chi connectivity index (χ1n) is 13.6. The van der Waals surface area contributed by atoms with E-state index in [1.807, 2.05) is 13.0 Å². The van der Waals surface area contributed by atoms with E-state index in [1.165, 1.54) is 36.0 Å². The van der Waals surface area contributed by atoms with E-state index in [1.54, 1.807) is 19.9 Å². The average molecular weight is 593 g/mol. The Labute approximate surface area is 246 Å². The molecule has 3 aromatic rings. The van der Waals surface area contributed by atoms with Crippen molar-refractivity contribution in [2.45, 2.75) is 82.4 Å². The molecule has 9 nitrogen and oxygen atoms in total. The number of fused-ring (bicyclic) bond motifs is 1. The summed E-state index contributed by atoms with van der Waals surface area (Å²) in [6, 6.07) is 11.9. The van der Waals surface area contributed by atoms with Crippen LogP contribution in [0.4, 0.5) is 11.6 Å². The van der Waals surface area contributed by atoms with Crippen molar-refractivity contribution in [2.24, 2.45) is 11.3 Å². The Morgan fingerprint density at radius 1 is 1.12 bits per heavy atom. The molecule has 0 saturated carbocycles. The topological polar surface area (TPSA) is 138 Å². The van der Waals surface area contributed by atoms with Crippen LogP contribution >= 0.6 is 11.8 Å². The molecule has 0 spiro atoms. The van der Waals surface area contributed by atoms with Gasteiger partial charge in [0.15, 0.2) is 0 Å². The highest BCUT2D eigenvalue weighted by atomic mass is 32.2. The number of aryl methyl sites for hydroxylation is 3. The second kappa shape index (κ2) is 12.2. The van der Waals surface area contributed by atoms with Crippen molar-refractivity contribution in [3.8, 4) is 6.07 Å². The van der Waals surface area contributed by atoms with Gasteiger partial charge >= 0.3 is 0 Å². The number of nitriles is 1. The fourth-order valence-electron chi connectivity index (χ4n) is 4.90. The summed E-state index contributed by atoms with van der Waals surface area (Å²) < 4.78 is 28.1. The lowest BCUT2D eigenvalue weighted by Gasteiger charge is -2.34. The molecule has 2 atom stereocenters. The van der Waals surface area contributed by atoms with E-state index in [0.29, 0.717) is 40.0 Å². The van der Waals surface area contributed by atoms with E-state index in [4.69, 9.17) is 4.98 Å². The molecule has 1 amide bonds. The summed E-state index contributed by atoms with van der Waals surface area (Å²) in [6.07, 6.45) is 3.34. The predicted octanol–water partition coefficient (Wildman–Crippen LogP) is 5.82. The predicted molar refractivity (Wildman–Crippen MR) is 161 cm³/mol. The molecule has 0 bridgehead atoms. The molecule has 0 fully saturated rings. The molecule has 2 heterocycles. The minimum atomic E-state index is -3.91. The maximum Gasteiger partial charge on any atom is 0.264 e. The van der Waals surface area contributed by atoms with Gasteiger partial charge in [0.1, 0.15) is 11.1 Å². The minimum Gasteiger partial charge on any atom is -0.325 e. The van der Waals surface area contributed by atoms with E-state index in [-0.39, 0.29) is 22.2 Å². The summed E-state index contributed by atoms with van der Waals surface area (Å²) in [7, 11) is -3.91. The third kappa shape index (κ3) is 7.43. The Kier molecular flexibility index (Phi) is 9.04. The Morgan fingerprint density at radius 3 is 2.37 bits per heavy atom. The summed E-state index contributed by atoms with van der Waals surface area (Å²) in [6.45, 7) is 12.2. The number of hydrogen-bond donors (Lipinski definition) is 2. The van der Waals surface area contributed by atoms with Crippen molar-refractivity contribution >= 4 is 39.3 Å². The smallest absolute Gasteiger partial charge is 0.264 e. The number of hydrogen-bond acceptors (Lipinski definition) is 8. The van der Waals surface area contributed by atoms with Crippen LogP contribution < -0.4 is 10.0 Å². The SMILES string of the molecule is CCC(Sc1nc2c(cc1C#N)CC(C(C)(C)C)CC2)C(=O)Nc1ccc(S(=O)(=O)Nc2nc(C)cc(C)n2)cc1. The number of anilines is 2. The summed E-state index contributed by atoms with van der Waals surface area (Å²) in [5.41, 5.74) is 4.59. The highest BCUT2D eigenvalue weighted by Crippen LogP contribution is 2.38. The summed E-state index contributed by atoms with van der Waals surface area (Å²) >= 11 is 1.29. The Balaban J connectivity index is 1.45. The van der Waals surface area contributed by atoms with Crippen LogP contribution in [0, 0.1) is 36.5 Å². The number of sulfonamides is 1. The van der Waals surface area contributed by atoms with E-state index in [2.05, 4.69) is 46.8 Å². The first-order valence-corrected chi connectivity index (χ1v) is 16.0. The number of carbonyl (C=O) groups is 1. The van der Waals surface area contributed by atoms with E-state index >= 15 is 0 Å². The zero-order chi connectivity index (χ0) is 29.9. The van der Waals surface area contributed by atoms with Gasteiger partial charge in [-0.1, -0.05) is 39.5 Å². The van der Waals surface area contributed by atoms with Gasteiger partial charge in [0.25, 0.3) is 10.0 Å². The first kappa shape index (κ1) is 30.5. The summed E-state index contributed by atoms with van der Waals surface area (Å²) in [5, 5.41) is 12.8. The molecule has 0 radical (unpaired) electrons. The van der Waals surface area contributed by atoms with E-state index in [0.717, 1.165) is 30.5 Å². The van der Waals surface area contributed by atoms with Crippen molar-refractivity contribution in [1.29, 1.82) is 5.26 Å². The number of benzene rings is 1. The van der Waals surface area contributed by atoms with Gasteiger partial charge in [-0.15, -0.1) is 0 Å². The molecule has 2 aromatic heterocycles. The van der Waals surface area contributed by atoms with Gasteiger partial charge in [-0.25, -0.2) is 28.1 Å². The zero-order valence-corrected chi connectivity index (χ0v) is 25.9. The van der Waals surface area contributed by atoms with Crippen LogP contribution in [0.2, 0.25) is 0 Å². The van der Waals surface area contributed by atoms with Gasteiger partial charge in [0, 0.05) is 22.8 Å². The number of carbonyl (C=O) groups excluding carboxylic acids is 1. The van der Waals surface area contributed by atoms with Crippen LogP contribution in [0.1, 0.15) is 68.7 Å². The monoisotopic (exact) mass is 592 g/mol. The lowest BCUT2D eigenvalue weighted by atomic mass is 9.71. The maximum absolute atomic E-state index is 13.2. The average Bonchev–Trinajstić information content (AvgIpc) is 2.89. The van der Waals surface area contributed by atoms with E-state index < -0.39 is 15.3 Å². The number of nitrogens with one attached hydrogen (secondary N) is 2. The number of rotatable bonds is 8. The fraction of sp³-hybridized carbons (Fsp3) is 0.433. The highest BCUT2D eigenvalue weighted by Gasteiger charge is 2.31. The highest BCUT2D eigenvalue weighted by molar-refractivity contribution is 8.00. The molecule has 2 N–H and O–H groups in total. The van der Waals surface area contributed by atoms with Crippen LogP contribution in [-0.2, 0) is 27.7 Å². The normalized spacial score (nSPS) is 15.9. The third-order valence-corrected chi connectivity index (χ3v) is 9.96. The van der Waals surface area contributed by atoms with Crippen molar-refractivity contribution < 1.29 is 13.2 Å². The molecule has 1 aliphatic carbocycles. The number of pyridine rings is 1. The zero-order valence-electron chi connectivity index (χ0n) is 24.3. The van der Waals surface area contributed by atoms with Gasteiger partial charge < -0.3 is 5.32 Å². The van der Waals surface area contributed by atoms with Crippen molar-refractivity contribution in [3.05, 3.63) is 64.6 Å². The molecule has 0 aliphatic heterocycles. The molecule has 4 rings (SSSR count). The number of amides is 1. The lowest BCUT2D eigenvalue weighted by Crippen LogP contribution is -2.28. The molecule has 2 unspecified atom stereocenters. The van der Waals surface area contributed by atoms with Crippen molar-refractivity contribution in [1.82, 2.24) is 15.0 Å². The van der Waals surface area contributed by atoms with Crippen LogP contribution in [0.15, 0.2) is 46.3 Å². The van der Waals surface area contributed by atoms with Crippen LogP contribution in [-0.4, -0.2) is 34.5 Å². The molecule has 0 saturated heterocycles. The van der Waals surface area contributed by atoms with Gasteiger partial charge in [-0.2, -0.15) is 5.26 Å². The molecule has 216 valence electrons. The van der Waals surface area contributed by atoms with E-state index in [9.17, 15) is 18.5 Å². The van der Waals surface area contributed by atoms with Gasteiger partial charge in [0.05, 0.1) is 15.7 Å². The molecule has 41 heavy (non-hydrogen) atoms. The second-order valence-corrected chi connectivity index (χ2v) is 14.3. The standard InChI is InChI=1S/C30H36N6O3S2/c1-7-26(40-28-21(17-31)15-20-16-22(30(4,5)6)8-13-25(20)35-28)27(37)34-23-9-11-24(12-10-23)41(38,39)36-29-32-18(2)14-19(3)33-29/h9-12,14-15,22,26H,7-8,13,16H2,1-6H3,(H,34,37)(H,32,33,36). The number of aromatic nitrogens is 3. The summed E-state index contributed by atoms with van der Waals surface area (Å²) in [5.74, 6) is 0.295. The lowest BCUT2D eigenvalue weighted by molar-refractivity contribution is -0.115. The quantitative estimate of drug-likeness (QED) is 0.312. The fourth-order valence-corrected chi connectivity index (χ4v) is 6.84. The molecule has 1 aliphatic rings. The van der Waals surface area contributed by atoms with Crippen LogP contribution in [0.5, 0.6) is 0 Å². The van der Waals surface area contributed by atoms with Crippen molar-refractivity contribution in [2.75, 3.05) is 10.0 Å². The Bertz CT molecular complexity index is 1570. The number of nitrogens with zero attached hydrogens (tertiary/aromatic N) is 4. The largest absolute Gasteiger partial charge is 0.325 e. The Hall–Kier alpha value is -3.49. The molecular formula is C30H36N6O3S2. The number of thioether (sulfide) groups is 1. The summed E-state index contributed by atoms with van der Waals surface area (Å²) in [4.78, 5) is 26.3. The molecular weight excluding hydrogens is 557 g/mol. The third-order valence-electron chi connectivity index (χ3n) is 7.25. The van der Waals surface area contributed by atoms with Gasteiger partial charge in [-0.05, 0) is 92.8 Å². The van der Waals surface area contributed by atoms with Gasteiger partial charge in [-0.3, -0.25) is 4.79 Å². The van der Waals surface area contributed by atoms with Gasteiger partial charge in [0.2, 0.25) is 11.9 Å². The Morgan fingerprint density at radius 2 is 1.78 bits per heavy atom.